The highest BCUT2D eigenvalue weighted by Gasteiger charge is 2.10. The number of aryl methyl sites for hydroxylation is 2. The normalized spacial score (nSPS) is 11.1. The molecule has 0 atom stereocenters. The van der Waals surface area contributed by atoms with Crippen molar-refractivity contribution in [3.05, 3.63) is 70.0 Å². The van der Waals surface area contributed by atoms with E-state index in [0.29, 0.717) is 5.01 Å². The fourth-order valence-corrected chi connectivity index (χ4v) is 2.96. The van der Waals surface area contributed by atoms with Crippen LogP contribution in [-0.4, -0.2) is 10.7 Å². The van der Waals surface area contributed by atoms with Crippen molar-refractivity contribution in [2.75, 3.05) is 5.43 Å². The van der Waals surface area contributed by atoms with Gasteiger partial charge in [-0.2, -0.15) is 10.4 Å². The molecule has 0 spiro atoms. The molecule has 0 aliphatic rings. The topological polar surface area (TPSA) is 61.1 Å². The summed E-state index contributed by atoms with van der Waals surface area (Å²) in [5.74, 6) is 0. The molecule has 5 heteroatoms. The number of hydrazone groups is 1. The Kier molecular flexibility index (Phi) is 4.69. The molecule has 0 saturated heterocycles. The summed E-state index contributed by atoms with van der Waals surface area (Å²) in [5.41, 5.74) is 8.27. The number of hydrogen-bond acceptors (Lipinski definition) is 5. The first-order valence-electron chi connectivity index (χ1n) is 7.49. The first-order valence-corrected chi connectivity index (χ1v) is 8.37. The molecule has 24 heavy (non-hydrogen) atoms. The molecule has 1 N–H and O–H groups in total. The Labute approximate surface area is 145 Å². The van der Waals surface area contributed by atoms with Gasteiger partial charge in [-0.1, -0.05) is 42.0 Å². The van der Waals surface area contributed by atoms with Crippen LogP contribution in [0.3, 0.4) is 0 Å². The Morgan fingerprint density at radius 2 is 1.92 bits per heavy atom. The van der Waals surface area contributed by atoms with Crippen LogP contribution in [0.2, 0.25) is 0 Å². The molecule has 0 unspecified atom stereocenters. The van der Waals surface area contributed by atoms with E-state index < -0.39 is 0 Å². The lowest BCUT2D eigenvalue weighted by Gasteiger charge is -2.01. The Morgan fingerprint density at radius 3 is 2.62 bits per heavy atom. The van der Waals surface area contributed by atoms with Gasteiger partial charge in [0.15, 0.2) is 10.7 Å². The Bertz CT molecular complexity index is 917. The number of nitrogens with one attached hydrogen (secondary N) is 1. The molecule has 118 valence electrons. The number of benzene rings is 2. The van der Waals surface area contributed by atoms with Gasteiger partial charge < -0.3 is 0 Å². The standard InChI is InChI=1S/C19H16N4S/c1-13-6-8-15(9-7-13)18-12-24-19(21-18)17(11-20)23-22-16-5-3-4-14(2)10-16/h3-10,12,22H,1-2H3/b23-17-. The highest BCUT2D eigenvalue weighted by atomic mass is 32.1. The number of thiazole rings is 1. The number of nitriles is 1. The molecule has 0 radical (unpaired) electrons. The predicted molar refractivity (Wildman–Crippen MR) is 99.2 cm³/mol. The van der Waals surface area contributed by atoms with Crippen LogP contribution < -0.4 is 5.43 Å². The van der Waals surface area contributed by atoms with Gasteiger partial charge >= 0.3 is 0 Å². The average molecular weight is 332 g/mol. The minimum Gasteiger partial charge on any atom is -0.277 e. The van der Waals surface area contributed by atoms with E-state index in [1.165, 1.54) is 16.9 Å². The SMILES string of the molecule is Cc1ccc(-c2csc(/C(C#N)=N\Nc3cccc(C)c3)n2)cc1. The molecular weight excluding hydrogens is 316 g/mol. The maximum Gasteiger partial charge on any atom is 0.196 e. The van der Waals surface area contributed by atoms with Gasteiger partial charge in [0.05, 0.1) is 11.4 Å². The third-order valence-electron chi connectivity index (χ3n) is 3.47. The molecular formula is C19H16N4S. The van der Waals surface area contributed by atoms with E-state index >= 15 is 0 Å². The number of rotatable bonds is 4. The van der Waals surface area contributed by atoms with Gasteiger partial charge in [0.1, 0.15) is 6.07 Å². The van der Waals surface area contributed by atoms with Crippen LogP contribution >= 0.6 is 11.3 Å². The Morgan fingerprint density at radius 1 is 1.12 bits per heavy atom. The van der Waals surface area contributed by atoms with E-state index in [1.807, 2.05) is 67.8 Å². The van der Waals surface area contributed by atoms with Crippen LogP contribution in [0.4, 0.5) is 5.69 Å². The summed E-state index contributed by atoms with van der Waals surface area (Å²) in [6.07, 6.45) is 0. The van der Waals surface area contributed by atoms with Crippen LogP contribution in [0.15, 0.2) is 59.0 Å². The number of nitrogens with zero attached hydrogens (tertiary/aromatic N) is 3. The van der Waals surface area contributed by atoms with Crippen molar-refractivity contribution in [3.8, 4) is 17.3 Å². The molecule has 3 aromatic rings. The van der Waals surface area contributed by atoms with Crippen molar-refractivity contribution in [2.45, 2.75) is 13.8 Å². The van der Waals surface area contributed by atoms with Crippen LogP contribution in [0.5, 0.6) is 0 Å². The van der Waals surface area contributed by atoms with Crippen molar-refractivity contribution in [1.29, 1.82) is 5.26 Å². The molecule has 4 nitrogen and oxygen atoms in total. The molecule has 0 bridgehead atoms. The van der Waals surface area contributed by atoms with E-state index in [-0.39, 0.29) is 5.71 Å². The van der Waals surface area contributed by atoms with E-state index in [4.69, 9.17) is 0 Å². The van der Waals surface area contributed by atoms with Gasteiger partial charge in [0.2, 0.25) is 0 Å². The first kappa shape index (κ1) is 15.9. The first-order chi connectivity index (χ1) is 11.7. The van der Waals surface area contributed by atoms with E-state index in [9.17, 15) is 5.26 Å². The maximum absolute atomic E-state index is 9.37. The third-order valence-corrected chi connectivity index (χ3v) is 4.32. The second-order valence-corrected chi connectivity index (χ2v) is 6.32. The molecule has 3 rings (SSSR count). The number of hydrogen-bond donors (Lipinski definition) is 1. The van der Waals surface area contributed by atoms with E-state index in [0.717, 1.165) is 22.5 Å². The molecule has 0 aliphatic heterocycles. The van der Waals surface area contributed by atoms with Gasteiger partial charge in [0.25, 0.3) is 0 Å². The molecule has 0 amide bonds. The summed E-state index contributed by atoms with van der Waals surface area (Å²) in [5, 5.41) is 16.1. The monoisotopic (exact) mass is 332 g/mol. The van der Waals surface area contributed by atoms with Gasteiger partial charge in [-0.15, -0.1) is 11.3 Å². The lowest BCUT2D eigenvalue weighted by atomic mass is 10.1. The van der Waals surface area contributed by atoms with Gasteiger partial charge in [0, 0.05) is 10.9 Å². The summed E-state index contributed by atoms with van der Waals surface area (Å²) >= 11 is 1.42. The summed E-state index contributed by atoms with van der Waals surface area (Å²) in [6, 6.07) is 18.1. The smallest absolute Gasteiger partial charge is 0.196 e. The van der Waals surface area contributed by atoms with Crippen LogP contribution in [0, 0.1) is 25.2 Å². The Balaban J connectivity index is 1.82. The lowest BCUT2D eigenvalue weighted by molar-refractivity contribution is 1.30. The van der Waals surface area contributed by atoms with Crippen molar-refractivity contribution in [1.82, 2.24) is 4.98 Å². The van der Waals surface area contributed by atoms with Crippen molar-refractivity contribution >= 4 is 22.7 Å². The van der Waals surface area contributed by atoms with E-state index in [1.54, 1.807) is 0 Å². The van der Waals surface area contributed by atoms with Gasteiger partial charge in [-0.3, -0.25) is 5.43 Å². The molecule has 2 aromatic carbocycles. The van der Waals surface area contributed by atoms with Crippen molar-refractivity contribution in [3.63, 3.8) is 0 Å². The van der Waals surface area contributed by atoms with E-state index in [2.05, 4.69) is 21.6 Å². The number of aromatic nitrogens is 1. The zero-order valence-corrected chi connectivity index (χ0v) is 14.3. The highest BCUT2D eigenvalue weighted by molar-refractivity contribution is 7.12. The van der Waals surface area contributed by atoms with Gasteiger partial charge in [-0.25, -0.2) is 4.98 Å². The molecule has 1 aromatic heterocycles. The zero-order chi connectivity index (χ0) is 16.9. The molecule has 0 saturated carbocycles. The summed E-state index contributed by atoms with van der Waals surface area (Å²) in [6.45, 7) is 4.06. The third kappa shape index (κ3) is 3.67. The zero-order valence-electron chi connectivity index (χ0n) is 13.4. The minimum atomic E-state index is 0.278. The predicted octanol–water partition coefficient (Wildman–Crippen LogP) is 4.77. The quantitative estimate of drug-likeness (QED) is 0.553. The minimum absolute atomic E-state index is 0.278. The summed E-state index contributed by atoms with van der Waals surface area (Å²) in [4.78, 5) is 4.54. The number of anilines is 1. The second kappa shape index (κ2) is 7.07. The van der Waals surface area contributed by atoms with Crippen molar-refractivity contribution in [2.24, 2.45) is 5.10 Å². The lowest BCUT2D eigenvalue weighted by Crippen LogP contribution is -2.01. The van der Waals surface area contributed by atoms with Crippen molar-refractivity contribution < 1.29 is 0 Å². The largest absolute Gasteiger partial charge is 0.277 e. The van der Waals surface area contributed by atoms with Crippen LogP contribution in [-0.2, 0) is 0 Å². The fraction of sp³-hybridized carbons (Fsp3) is 0.105. The summed E-state index contributed by atoms with van der Waals surface area (Å²) in [7, 11) is 0. The average Bonchev–Trinajstić information content (AvgIpc) is 3.06. The van der Waals surface area contributed by atoms with Gasteiger partial charge in [-0.05, 0) is 31.5 Å². The highest BCUT2D eigenvalue weighted by Crippen LogP contribution is 2.22. The molecule has 1 heterocycles. The maximum atomic E-state index is 9.37. The fourth-order valence-electron chi connectivity index (χ4n) is 2.20. The summed E-state index contributed by atoms with van der Waals surface area (Å²) < 4.78 is 0. The molecule has 0 fully saturated rings. The second-order valence-electron chi connectivity index (χ2n) is 5.46. The Hall–Kier alpha value is -2.97. The molecule has 0 aliphatic carbocycles. The van der Waals surface area contributed by atoms with Crippen LogP contribution in [0.25, 0.3) is 11.3 Å². The van der Waals surface area contributed by atoms with Crippen LogP contribution in [0.1, 0.15) is 16.1 Å².